The normalized spacial score (nSPS) is 21.8. The van der Waals surface area contributed by atoms with Gasteiger partial charge in [-0.2, -0.15) is 4.98 Å². The maximum Gasteiger partial charge on any atom is 0.241 e. The highest BCUT2D eigenvalue weighted by Crippen LogP contribution is 2.28. The van der Waals surface area contributed by atoms with E-state index in [2.05, 4.69) is 39.3 Å². The van der Waals surface area contributed by atoms with E-state index in [0.29, 0.717) is 24.2 Å². The van der Waals surface area contributed by atoms with Gasteiger partial charge in [-0.25, -0.2) is 0 Å². The Morgan fingerprint density at radius 2 is 2.04 bits per heavy atom. The first-order chi connectivity index (χ1) is 11.3. The minimum atomic E-state index is 0.136. The Bertz CT molecular complexity index is 756. The molecule has 0 spiro atoms. The maximum atomic E-state index is 6.33. The van der Waals surface area contributed by atoms with Crippen molar-refractivity contribution in [3.63, 3.8) is 0 Å². The molecule has 3 heterocycles. The summed E-state index contributed by atoms with van der Waals surface area (Å²) in [5.74, 6) is 1.67. The summed E-state index contributed by atoms with van der Waals surface area (Å²) in [5, 5.41) is 6.07. The van der Waals surface area contributed by atoms with Crippen LogP contribution in [-0.2, 0) is 6.54 Å². The zero-order valence-electron chi connectivity index (χ0n) is 12.6. The van der Waals surface area contributed by atoms with Crippen LogP contribution >= 0.6 is 11.3 Å². The topological polar surface area (TPSA) is 68.2 Å². The van der Waals surface area contributed by atoms with Crippen LogP contribution in [0.15, 0.2) is 52.4 Å². The van der Waals surface area contributed by atoms with Gasteiger partial charge in [0.05, 0.1) is 11.4 Å². The van der Waals surface area contributed by atoms with Gasteiger partial charge in [0, 0.05) is 25.0 Å². The number of thiophene rings is 1. The van der Waals surface area contributed by atoms with Crippen LogP contribution in [-0.4, -0.2) is 34.2 Å². The summed E-state index contributed by atoms with van der Waals surface area (Å²) in [6.45, 7) is 2.41. The summed E-state index contributed by atoms with van der Waals surface area (Å²) in [6, 6.07) is 14.6. The number of hydrogen-bond acceptors (Lipinski definition) is 6. The average Bonchev–Trinajstić information content (AvgIpc) is 3.29. The van der Waals surface area contributed by atoms with Crippen LogP contribution in [0.2, 0.25) is 0 Å². The Kier molecular flexibility index (Phi) is 3.95. The Morgan fingerprint density at radius 3 is 2.83 bits per heavy atom. The van der Waals surface area contributed by atoms with Crippen LogP contribution in [0.3, 0.4) is 0 Å². The largest absolute Gasteiger partial charge is 0.338 e. The van der Waals surface area contributed by atoms with E-state index in [-0.39, 0.29) is 6.04 Å². The van der Waals surface area contributed by atoms with Crippen molar-refractivity contribution >= 4 is 11.3 Å². The molecule has 0 bridgehead atoms. The molecule has 0 aliphatic carbocycles. The molecule has 118 valence electrons. The van der Waals surface area contributed by atoms with Crippen molar-refractivity contribution in [1.82, 2.24) is 15.0 Å². The summed E-state index contributed by atoms with van der Waals surface area (Å²) in [7, 11) is 0. The molecule has 2 aromatic heterocycles. The molecule has 23 heavy (non-hydrogen) atoms. The molecule has 0 radical (unpaired) electrons. The first-order valence-corrected chi connectivity index (χ1v) is 8.57. The van der Waals surface area contributed by atoms with Crippen molar-refractivity contribution < 1.29 is 4.52 Å². The molecule has 1 fully saturated rings. The summed E-state index contributed by atoms with van der Waals surface area (Å²) in [5.41, 5.74) is 7.63. The highest BCUT2D eigenvalue weighted by molar-refractivity contribution is 7.13. The molecule has 1 aromatic carbocycles. The molecule has 2 N–H and O–H groups in total. The lowest BCUT2D eigenvalue weighted by molar-refractivity contribution is 0.264. The first kappa shape index (κ1) is 14.6. The van der Waals surface area contributed by atoms with Gasteiger partial charge in [-0.3, -0.25) is 4.90 Å². The molecule has 1 aliphatic heterocycles. The van der Waals surface area contributed by atoms with E-state index >= 15 is 0 Å². The van der Waals surface area contributed by atoms with Crippen molar-refractivity contribution in [1.29, 1.82) is 0 Å². The van der Waals surface area contributed by atoms with E-state index in [4.69, 9.17) is 10.3 Å². The van der Waals surface area contributed by atoms with Crippen LogP contribution in [0, 0.1) is 0 Å². The molecule has 2 atom stereocenters. The minimum absolute atomic E-state index is 0.136. The lowest BCUT2D eigenvalue weighted by atomic mass is 9.95. The molecule has 6 heteroatoms. The van der Waals surface area contributed by atoms with Gasteiger partial charge in [0.2, 0.25) is 11.7 Å². The monoisotopic (exact) mass is 326 g/mol. The van der Waals surface area contributed by atoms with E-state index in [9.17, 15) is 0 Å². The van der Waals surface area contributed by atoms with Gasteiger partial charge in [-0.05, 0) is 17.0 Å². The lowest BCUT2D eigenvalue weighted by Crippen LogP contribution is -2.28. The highest BCUT2D eigenvalue weighted by Gasteiger charge is 2.32. The van der Waals surface area contributed by atoms with Gasteiger partial charge >= 0.3 is 0 Å². The number of nitrogens with two attached hydrogens (primary N) is 1. The van der Waals surface area contributed by atoms with Gasteiger partial charge in [-0.15, -0.1) is 11.3 Å². The predicted octanol–water partition coefficient (Wildman–Crippen LogP) is 2.72. The molecule has 1 aliphatic rings. The molecular weight excluding hydrogens is 308 g/mol. The van der Waals surface area contributed by atoms with Gasteiger partial charge in [0.25, 0.3) is 0 Å². The second kappa shape index (κ2) is 6.23. The summed E-state index contributed by atoms with van der Waals surface area (Å²) in [6.07, 6.45) is 0. The molecule has 1 saturated heterocycles. The van der Waals surface area contributed by atoms with E-state index < -0.39 is 0 Å². The summed E-state index contributed by atoms with van der Waals surface area (Å²) in [4.78, 5) is 7.80. The van der Waals surface area contributed by atoms with Gasteiger partial charge < -0.3 is 10.3 Å². The number of benzene rings is 1. The number of rotatable bonds is 4. The Morgan fingerprint density at radius 1 is 1.17 bits per heavy atom. The quantitative estimate of drug-likeness (QED) is 0.798. The van der Waals surface area contributed by atoms with Crippen molar-refractivity contribution in [2.24, 2.45) is 5.73 Å². The second-order valence-electron chi connectivity index (χ2n) is 5.86. The van der Waals surface area contributed by atoms with E-state index in [1.54, 1.807) is 11.3 Å². The van der Waals surface area contributed by atoms with Gasteiger partial charge in [0.1, 0.15) is 0 Å². The molecule has 4 rings (SSSR count). The number of aromatic nitrogens is 2. The van der Waals surface area contributed by atoms with Gasteiger partial charge in [-0.1, -0.05) is 41.6 Å². The zero-order chi connectivity index (χ0) is 15.6. The Hall–Kier alpha value is -2.02. The molecule has 5 nitrogen and oxygen atoms in total. The van der Waals surface area contributed by atoms with Crippen LogP contribution in [0.1, 0.15) is 17.4 Å². The molecule has 3 aromatic rings. The van der Waals surface area contributed by atoms with Crippen LogP contribution in [0.5, 0.6) is 0 Å². The third kappa shape index (κ3) is 3.06. The predicted molar refractivity (Wildman–Crippen MR) is 90.0 cm³/mol. The highest BCUT2D eigenvalue weighted by atomic mass is 32.1. The van der Waals surface area contributed by atoms with E-state index in [0.717, 1.165) is 18.0 Å². The molecule has 0 saturated carbocycles. The number of hydrogen-bond donors (Lipinski definition) is 1. The van der Waals surface area contributed by atoms with Crippen LogP contribution in [0.25, 0.3) is 10.7 Å². The third-order valence-corrected chi connectivity index (χ3v) is 5.10. The number of nitrogens with zero attached hydrogens (tertiary/aromatic N) is 3. The van der Waals surface area contributed by atoms with Crippen molar-refractivity contribution in [3.8, 4) is 10.7 Å². The van der Waals surface area contributed by atoms with E-state index in [1.807, 2.05) is 23.6 Å². The summed E-state index contributed by atoms with van der Waals surface area (Å²) >= 11 is 1.61. The SMILES string of the molecule is N[C@@H]1CN(Cc2nc(-c3cccs3)no2)C[C@H]1c1ccccc1. The average molecular weight is 326 g/mol. The third-order valence-electron chi connectivity index (χ3n) is 4.24. The minimum Gasteiger partial charge on any atom is -0.338 e. The Balaban J connectivity index is 1.44. The van der Waals surface area contributed by atoms with Crippen molar-refractivity contribution in [2.45, 2.75) is 18.5 Å². The van der Waals surface area contributed by atoms with Crippen molar-refractivity contribution in [2.75, 3.05) is 13.1 Å². The fraction of sp³-hybridized carbons (Fsp3) is 0.294. The lowest BCUT2D eigenvalue weighted by Gasteiger charge is -2.14. The van der Waals surface area contributed by atoms with Crippen LogP contribution in [0.4, 0.5) is 0 Å². The maximum absolute atomic E-state index is 6.33. The first-order valence-electron chi connectivity index (χ1n) is 7.69. The molecule has 0 amide bonds. The fourth-order valence-corrected chi connectivity index (χ4v) is 3.76. The van der Waals surface area contributed by atoms with Gasteiger partial charge in [0.15, 0.2) is 0 Å². The van der Waals surface area contributed by atoms with Crippen LogP contribution < -0.4 is 5.73 Å². The second-order valence-corrected chi connectivity index (χ2v) is 6.81. The smallest absolute Gasteiger partial charge is 0.241 e. The van der Waals surface area contributed by atoms with E-state index in [1.165, 1.54) is 5.56 Å². The fourth-order valence-electron chi connectivity index (χ4n) is 3.11. The summed E-state index contributed by atoms with van der Waals surface area (Å²) < 4.78 is 5.39. The zero-order valence-corrected chi connectivity index (χ0v) is 13.4. The van der Waals surface area contributed by atoms with Crippen molar-refractivity contribution in [3.05, 3.63) is 59.3 Å². The molecular formula is C17H18N4OS. The Labute approximate surface area is 138 Å². The molecule has 0 unspecified atom stereocenters. The standard InChI is InChI=1S/C17H18N4OS/c18-14-10-21(9-13(14)12-5-2-1-3-6-12)11-16-19-17(20-22-16)15-7-4-8-23-15/h1-8,13-14H,9-11,18H2/t13-,14+/m0/s1. The number of likely N-dealkylation sites (tertiary alicyclic amines) is 1.